The number of ether oxygens (including phenoxy) is 1. The van der Waals surface area contributed by atoms with Crippen LogP contribution in [0.5, 0.6) is 5.75 Å². The molecule has 0 saturated carbocycles. The zero-order valence-corrected chi connectivity index (χ0v) is 17.1. The second kappa shape index (κ2) is 8.41. The predicted molar refractivity (Wildman–Crippen MR) is 103 cm³/mol. The number of hydrogen-bond donors (Lipinski definition) is 2. The first-order valence-corrected chi connectivity index (χ1v) is 9.64. The van der Waals surface area contributed by atoms with Gasteiger partial charge in [-0.2, -0.15) is 0 Å². The van der Waals surface area contributed by atoms with E-state index in [9.17, 15) is 9.90 Å². The Morgan fingerprint density at radius 3 is 2.84 bits per heavy atom. The molecule has 0 radical (unpaired) electrons. The number of amides is 1. The number of nitrogens with one attached hydrogen (secondary N) is 1. The topological polar surface area (TPSA) is 61.8 Å². The maximum atomic E-state index is 12.3. The van der Waals surface area contributed by atoms with Gasteiger partial charge in [-0.15, -0.1) is 0 Å². The van der Waals surface area contributed by atoms with E-state index in [0.717, 1.165) is 38.0 Å². The molecule has 2 rings (SSSR count). The Kier molecular flexibility index (Phi) is 6.74. The molecule has 0 aromatic heterocycles. The Morgan fingerprint density at radius 2 is 2.20 bits per heavy atom. The fourth-order valence-electron chi connectivity index (χ4n) is 3.02. The van der Waals surface area contributed by atoms with Crippen molar-refractivity contribution in [1.29, 1.82) is 0 Å². The van der Waals surface area contributed by atoms with Gasteiger partial charge < -0.3 is 20.1 Å². The molecule has 2 atom stereocenters. The van der Waals surface area contributed by atoms with E-state index in [1.165, 1.54) is 0 Å². The fourth-order valence-corrected chi connectivity index (χ4v) is 3.44. The average molecular weight is 413 g/mol. The zero-order chi connectivity index (χ0) is 18.6. The molecular formula is C19H29BrN2O3. The van der Waals surface area contributed by atoms with Gasteiger partial charge in [-0.3, -0.25) is 0 Å². The number of carbonyl (C=O) groups excluding carboxylic acids is 1. The van der Waals surface area contributed by atoms with Crippen LogP contribution in [0.2, 0.25) is 0 Å². The number of phenols is 1. The fraction of sp³-hybridized carbons (Fsp3) is 0.632. The summed E-state index contributed by atoms with van der Waals surface area (Å²) in [5.41, 5.74) is 0.650. The van der Waals surface area contributed by atoms with Gasteiger partial charge in [-0.25, -0.2) is 4.79 Å². The average Bonchev–Trinajstić information content (AvgIpc) is 2.54. The van der Waals surface area contributed by atoms with E-state index in [4.69, 9.17) is 4.74 Å². The van der Waals surface area contributed by atoms with Crippen molar-refractivity contribution in [3.05, 3.63) is 28.2 Å². The van der Waals surface area contributed by atoms with E-state index in [-0.39, 0.29) is 17.9 Å². The van der Waals surface area contributed by atoms with Crippen molar-refractivity contribution in [2.45, 2.75) is 58.7 Å². The number of piperidine rings is 1. The Balaban J connectivity index is 1.87. The minimum absolute atomic E-state index is 0.216. The number of benzene rings is 1. The van der Waals surface area contributed by atoms with Gasteiger partial charge in [0, 0.05) is 25.7 Å². The van der Waals surface area contributed by atoms with Gasteiger partial charge in [0.2, 0.25) is 0 Å². The molecule has 1 aliphatic heterocycles. The van der Waals surface area contributed by atoms with Crippen LogP contribution in [-0.4, -0.2) is 40.8 Å². The SMILES string of the molecule is CC(NCc1ccc(O)c(Br)c1)C1CCCN(C(=O)OC(C)(C)C)C1. The molecule has 2 N–H and O–H groups in total. The third-order valence-corrected chi connectivity index (χ3v) is 5.09. The molecule has 1 amide bonds. The lowest BCUT2D eigenvalue weighted by molar-refractivity contribution is 0.0148. The number of likely N-dealkylation sites (tertiary alicyclic amines) is 1. The lowest BCUT2D eigenvalue weighted by Gasteiger charge is -2.36. The first-order valence-electron chi connectivity index (χ1n) is 8.84. The van der Waals surface area contributed by atoms with Crippen LogP contribution >= 0.6 is 15.9 Å². The van der Waals surface area contributed by atoms with Crippen LogP contribution < -0.4 is 5.32 Å². The van der Waals surface area contributed by atoms with E-state index in [2.05, 4.69) is 28.2 Å². The second-order valence-corrected chi connectivity index (χ2v) is 8.64. The van der Waals surface area contributed by atoms with E-state index in [1.54, 1.807) is 6.07 Å². The van der Waals surface area contributed by atoms with Crippen LogP contribution in [0.3, 0.4) is 0 Å². The Bertz CT molecular complexity index is 601. The van der Waals surface area contributed by atoms with E-state index < -0.39 is 5.60 Å². The van der Waals surface area contributed by atoms with Crippen LogP contribution in [0.1, 0.15) is 46.1 Å². The van der Waals surface area contributed by atoms with Crippen LogP contribution in [0.25, 0.3) is 0 Å². The van der Waals surface area contributed by atoms with E-state index >= 15 is 0 Å². The number of halogens is 1. The van der Waals surface area contributed by atoms with Crippen molar-refractivity contribution in [2.24, 2.45) is 5.92 Å². The van der Waals surface area contributed by atoms with Gasteiger partial charge in [0.1, 0.15) is 11.4 Å². The summed E-state index contributed by atoms with van der Waals surface area (Å²) in [6.07, 6.45) is 1.89. The highest BCUT2D eigenvalue weighted by Crippen LogP contribution is 2.25. The summed E-state index contributed by atoms with van der Waals surface area (Å²) in [7, 11) is 0. The number of hydrogen-bond acceptors (Lipinski definition) is 4. The van der Waals surface area contributed by atoms with E-state index in [0.29, 0.717) is 10.4 Å². The quantitative estimate of drug-likeness (QED) is 0.774. The summed E-state index contributed by atoms with van der Waals surface area (Å²) in [4.78, 5) is 14.1. The van der Waals surface area contributed by atoms with Crippen LogP contribution in [0.4, 0.5) is 4.79 Å². The summed E-state index contributed by atoms with van der Waals surface area (Å²) >= 11 is 3.34. The molecule has 25 heavy (non-hydrogen) atoms. The molecule has 5 nitrogen and oxygen atoms in total. The van der Waals surface area contributed by atoms with Crippen molar-refractivity contribution >= 4 is 22.0 Å². The molecule has 6 heteroatoms. The molecule has 1 heterocycles. The number of phenolic OH excluding ortho intramolecular Hbond substituents is 1. The largest absolute Gasteiger partial charge is 0.507 e. The van der Waals surface area contributed by atoms with Crippen molar-refractivity contribution in [1.82, 2.24) is 10.2 Å². The van der Waals surface area contributed by atoms with Crippen molar-refractivity contribution < 1.29 is 14.6 Å². The molecule has 0 bridgehead atoms. The number of carbonyl (C=O) groups is 1. The Labute approximate surface area is 158 Å². The van der Waals surface area contributed by atoms with Gasteiger partial charge in [-0.05, 0) is 80.1 Å². The molecule has 140 valence electrons. The molecular weight excluding hydrogens is 384 g/mol. The molecule has 1 fully saturated rings. The number of aromatic hydroxyl groups is 1. The van der Waals surface area contributed by atoms with Gasteiger partial charge >= 0.3 is 6.09 Å². The highest BCUT2D eigenvalue weighted by molar-refractivity contribution is 9.10. The second-order valence-electron chi connectivity index (χ2n) is 7.78. The van der Waals surface area contributed by atoms with Gasteiger partial charge in [0.15, 0.2) is 0 Å². The maximum Gasteiger partial charge on any atom is 0.410 e. The molecule has 2 unspecified atom stereocenters. The third-order valence-electron chi connectivity index (χ3n) is 4.46. The minimum Gasteiger partial charge on any atom is -0.507 e. The van der Waals surface area contributed by atoms with Gasteiger partial charge in [0.25, 0.3) is 0 Å². The van der Waals surface area contributed by atoms with Crippen LogP contribution in [0, 0.1) is 5.92 Å². The lowest BCUT2D eigenvalue weighted by Crippen LogP contribution is -2.47. The summed E-state index contributed by atoms with van der Waals surface area (Å²) in [6.45, 7) is 10.1. The van der Waals surface area contributed by atoms with Crippen molar-refractivity contribution in [2.75, 3.05) is 13.1 Å². The van der Waals surface area contributed by atoms with Gasteiger partial charge in [-0.1, -0.05) is 6.07 Å². The summed E-state index contributed by atoms with van der Waals surface area (Å²) in [5, 5.41) is 13.1. The van der Waals surface area contributed by atoms with Crippen LogP contribution in [0.15, 0.2) is 22.7 Å². The number of rotatable bonds is 4. The summed E-state index contributed by atoms with van der Waals surface area (Å²) < 4.78 is 6.20. The monoisotopic (exact) mass is 412 g/mol. The predicted octanol–water partition coefficient (Wildman–Crippen LogP) is 4.28. The first kappa shape index (κ1) is 20.0. The van der Waals surface area contributed by atoms with Crippen molar-refractivity contribution in [3.8, 4) is 5.75 Å². The smallest absolute Gasteiger partial charge is 0.410 e. The summed E-state index contributed by atoms with van der Waals surface area (Å²) in [6, 6.07) is 5.81. The lowest BCUT2D eigenvalue weighted by atomic mass is 9.91. The minimum atomic E-state index is -0.458. The highest BCUT2D eigenvalue weighted by atomic mass is 79.9. The normalized spacial score (nSPS) is 19.6. The van der Waals surface area contributed by atoms with Crippen molar-refractivity contribution in [3.63, 3.8) is 0 Å². The third kappa shape index (κ3) is 6.19. The molecule has 0 aliphatic carbocycles. The van der Waals surface area contributed by atoms with Crippen LogP contribution in [-0.2, 0) is 11.3 Å². The highest BCUT2D eigenvalue weighted by Gasteiger charge is 2.29. The Morgan fingerprint density at radius 1 is 1.48 bits per heavy atom. The molecule has 1 saturated heterocycles. The molecule has 0 spiro atoms. The van der Waals surface area contributed by atoms with E-state index in [1.807, 2.05) is 37.8 Å². The maximum absolute atomic E-state index is 12.3. The van der Waals surface area contributed by atoms with Gasteiger partial charge in [0.05, 0.1) is 4.47 Å². The zero-order valence-electron chi connectivity index (χ0n) is 15.5. The standard InChI is InChI=1S/C19H29BrN2O3/c1-13(21-11-14-7-8-17(23)16(20)10-14)15-6-5-9-22(12-15)18(24)25-19(2,3)4/h7-8,10,13,15,21,23H,5-6,9,11-12H2,1-4H3. The first-order chi connectivity index (χ1) is 11.7. The number of nitrogens with zero attached hydrogens (tertiary/aromatic N) is 1. The molecule has 1 aliphatic rings. The molecule has 1 aromatic carbocycles. The molecule has 1 aromatic rings. The summed E-state index contributed by atoms with van der Waals surface area (Å²) in [5.74, 6) is 0.652. The Hall–Kier alpha value is -1.27.